The molecule has 0 aromatic carbocycles. The molecule has 0 aromatic rings. The quantitative estimate of drug-likeness (QED) is 0.158. The summed E-state index contributed by atoms with van der Waals surface area (Å²) >= 11 is 0. The fourth-order valence-electron chi connectivity index (χ4n) is 3.05. The van der Waals surface area contributed by atoms with Gasteiger partial charge in [0.15, 0.2) is 0 Å². The average Bonchev–Trinajstić information content (AvgIpc) is 2.71. The van der Waals surface area contributed by atoms with Crippen LogP contribution in [0.25, 0.3) is 0 Å². The maximum absolute atomic E-state index is 10.8. The van der Waals surface area contributed by atoms with Crippen molar-refractivity contribution in [2.45, 2.75) is 130 Å². The Balaban J connectivity index is -0.000000490. The van der Waals surface area contributed by atoms with Crippen LogP contribution >= 0.6 is 0 Å². The second-order valence-electron chi connectivity index (χ2n) is 7.94. The number of carboxylic acid groups (broad SMARTS) is 2. The third-order valence-electron chi connectivity index (χ3n) is 5.02. The summed E-state index contributed by atoms with van der Waals surface area (Å²) in [4.78, 5) is 21.6. The summed E-state index contributed by atoms with van der Waals surface area (Å²) in [5.74, 6) is -1.97. The molecule has 31 heavy (non-hydrogen) atoms. The largest absolute Gasteiger partial charge is 2.00 e. The van der Waals surface area contributed by atoms with Crippen LogP contribution in [-0.2, 0) is 9.59 Å². The van der Waals surface area contributed by atoms with Crippen LogP contribution in [0.2, 0.25) is 0 Å². The van der Waals surface area contributed by atoms with E-state index >= 15 is 0 Å². The Hall–Kier alpha value is -0.320. The molecule has 0 unspecified atom stereocenters. The zero-order valence-corrected chi connectivity index (χ0v) is 23.0. The van der Waals surface area contributed by atoms with Gasteiger partial charge in [0.1, 0.15) is 0 Å². The number of hydrogen-bond donors (Lipinski definition) is 0. The van der Waals surface area contributed by atoms with Gasteiger partial charge >= 0.3 is 37.7 Å². The van der Waals surface area contributed by atoms with Gasteiger partial charge in [-0.25, -0.2) is 0 Å². The summed E-state index contributed by atoms with van der Waals surface area (Å²) in [6.45, 7) is 8.52. The number of carbonyl (C=O) groups excluding carboxylic acids is 2. The summed E-state index contributed by atoms with van der Waals surface area (Å²) in [6.07, 6.45) is 20.0. The molecule has 0 aliphatic heterocycles. The zero-order chi connectivity index (χ0) is 23.0. The van der Waals surface area contributed by atoms with E-state index in [1.54, 1.807) is 0 Å². The number of carbonyl (C=O) groups is 2. The minimum Gasteiger partial charge on any atom is -0.545 e. The fraction of sp³-hybridized carbons (Fsp3) is 0.769. The Kier molecular flexibility index (Phi) is 31.5. The topological polar surface area (TPSA) is 80.3 Å². The van der Waals surface area contributed by atoms with E-state index in [0.29, 0.717) is 24.0 Å². The first-order valence-corrected chi connectivity index (χ1v) is 12.2. The molecule has 0 spiro atoms. The van der Waals surface area contributed by atoms with Crippen molar-refractivity contribution < 1.29 is 19.8 Å². The molecule has 0 atom stereocenters. The van der Waals surface area contributed by atoms with Crippen LogP contribution in [0.15, 0.2) is 23.3 Å². The molecule has 0 radical (unpaired) electrons. The summed E-state index contributed by atoms with van der Waals surface area (Å²) in [7, 11) is 0. The summed E-state index contributed by atoms with van der Waals surface area (Å²) in [5.41, 5.74) is 0.999. The third kappa shape index (κ3) is 25.8. The molecule has 5 heteroatoms. The smallest absolute Gasteiger partial charge is 0.545 e. The molecule has 0 aromatic heterocycles. The third-order valence-corrected chi connectivity index (χ3v) is 5.02. The Morgan fingerprint density at radius 3 is 1.10 bits per heavy atom. The van der Waals surface area contributed by atoms with E-state index in [2.05, 4.69) is 27.7 Å². The molecule has 0 aliphatic rings. The normalized spacial score (nSPS) is 11.4. The maximum atomic E-state index is 10.8. The van der Waals surface area contributed by atoms with Gasteiger partial charge in [-0.05, 0) is 62.5 Å². The minimum atomic E-state index is -0.984. The molecule has 0 aliphatic carbocycles. The van der Waals surface area contributed by atoms with E-state index in [1.165, 1.54) is 25.7 Å². The first kappa shape index (κ1) is 35.3. The minimum absolute atomic E-state index is 0. The van der Waals surface area contributed by atoms with Crippen molar-refractivity contribution in [2.75, 3.05) is 0 Å². The Labute approximate surface area is 222 Å². The first-order chi connectivity index (χ1) is 14.4. The molecule has 0 heterocycles. The van der Waals surface area contributed by atoms with E-state index in [4.69, 9.17) is 0 Å². The average molecular weight is 463 g/mol. The van der Waals surface area contributed by atoms with Crippen LogP contribution in [0.4, 0.5) is 0 Å². The van der Waals surface area contributed by atoms with Gasteiger partial charge in [0, 0.05) is 0 Å². The van der Waals surface area contributed by atoms with E-state index in [1.807, 2.05) is 12.2 Å². The van der Waals surface area contributed by atoms with E-state index in [9.17, 15) is 19.8 Å². The number of carboxylic acids is 2. The number of allylic oxidation sites excluding steroid dienone is 2. The predicted molar refractivity (Wildman–Crippen MR) is 129 cm³/mol. The molecule has 0 N–H and O–H groups in total. The molecule has 0 fully saturated rings. The Morgan fingerprint density at radius 1 is 0.548 bits per heavy atom. The van der Waals surface area contributed by atoms with Crippen molar-refractivity contribution in [3.05, 3.63) is 23.3 Å². The Morgan fingerprint density at radius 2 is 0.839 bits per heavy atom. The number of unbranched alkanes of at least 4 members (excludes halogenated alkanes) is 10. The molecule has 0 rings (SSSR count). The van der Waals surface area contributed by atoms with Crippen LogP contribution < -0.4 is 10.2 Å². The second-order valence-corrected chi connectivity index (χ2v) is 7.94. The van der Waals surface area contributed by atoms with Crippen molar-refractivity contribution in [3.8, 4) is 0 Å². The van der Waals surface area contributed by atoms with Crippen molar-refractivity contribution >= 4 is 49.7 Å². The van der Waals surface area contributed by atoms with Gasteiger partial charge in [-0.15, -0.1) is 0 Å². The van der Waals surface area contributed by atoms with Crippen molar-refractivity contribution in [2.24, 2.45) is 0 Å². The molecule has 176 valence electrons. The van der Waals surface area contributed by atoms with E-state index in [0.717, 1.165) is 64.2 Å². The van der Waals surface area contributed by atoms with Gasteiger partial charge in [0.25, 0.3) is 0 Å². The van der Waals surface area contributed by atoms with Gasteiger partial charge in [-0.1, -0.05) is 91.2 Å². The van der Waals surface area contributed by atoms with E-state index in [-0.39, 0.29) is 37.7 Å². The van der Waals surface area contributed by atoms with Gasteiger partial charge < -0.3 is 19.8 Å². The fourth-order valence-corrected chi connectivity index (χ4v) is 3.05. The predicted octanol–water partition coefficient (Wildman–Crippen LogP) is 5.27. The molecule has 0 saturated carbocycles. The van der Waals surface area contributed by atoms with Crippen LogP contribution in [0.1, 0.15) is 130 Å². The van der Waals surface area contributed by atoms with Crippen molar-refractivity contribution in [1.82, 2.24) is 0 Å². The molecule has 0 saturated heterocycles. The number of rotatable bonds is 18. The van der Waals surface area contributed by atoms with Gasteiger partial charge in [0.05, 0.1) is 11.9 Å². The van der Waals surface area contributed by atoms with Crippen LogP contribution in [0.5, 0.6) is 0 Å². The van der Waals surface area contributed by atoms with Crippen molar-refractivity contribution in [3.63, 3.8) is 0 Å². The Bertz CT molecular complexity index is 440. The van der Waals surface area contributed by atoms with E-state index < -0.39 is 11.9 Å². The molecule has 4 nitrogen and oxygen atoms in total. The number of hydrogen-bond acceptors (Lipinski definition) is 4. The summed E-state index contributed by atoms with van der Waals surface area (Å²) < 4.78 is 0. The molecule has 0 amide bonds. The summed E-state index contributed by atoms with van der Waals surface area (Å²) in [6, 6.07) is 0. The van der Waals surface area contributed by atoms with Crippen LogP contribution in [0, 0.1) is 0 Å². The van der Waals surface area contributed by atoms with Crippen LogP contribution in [-0.4, -0.2) is 49.7 Å². The zero-order valence-electron chi connectivity index (χ0n) is 20.8. The van der Waals surface area contributed by atoms with Gasteiger partial charge in [-0.2, -0.15) is 0 Å². The standard InChI is InChI=1S/2C13H24O2.Ca/c2*1-3-5-7-9-11-12(13(14)15)10-8-6-4-2;/h2*11H,3-10H2,1-2H3,(H,14,15);/q;;+2/p-2/b2*12-11-;. The second kappa shape index (κ2) is 27.7. The first-order valence-electron chi connectivity index (χ1n) is 12.2. The summed E-state index contributed by atoms with van der Waals surface area (Å²) in [5, 5.41) is 21.6. The maximum Gasteiger partial charge on any atom is 2.00 e. The molecular weight excluding hydrogens is 416 g/mol. The monoisotopic (exact) mass is 462 g/mol. The van der Waals surface area contributed by atoms with Gasteiger partial charge in [-0.3, -0.25) is 0 Å². The van der Waals surface area contributed by atoms with Crippen molar-refractivity contribution in [1.29, 1.82) is 0 Å². The van der Waals surface area contributed by atoms with Crippen LogP contribution in [0.3, 0.4) is 0 Å². The molecular formula is C26H46CaO4. The number of aliphatic carboxylic acids is 2. The SMILES string of the molecule is CCCCC/C=C(/CCCCC)C(=O)[O-].CCCCC/C=C(/CCCCC)C(=O)[O-].[Ca+2]. The molecule has 0 bridgehead atoms. The van der Waals surface area contributed by atoms with Gasteiger partial charge in [0.2, 0.25) is 0 Å².